The largest absolute Gasteiger partial charge is 1.00 e. The van der Waals surface area contributed by atoms with Gasteiger partial charge in [0.1, 0.15) is 20.2 Å². The van der Waals surface area contributed by atoms with E-state index in [0.29, 0.717) is 15.3 Å². The first-order valence-corrected chi connectivity index (χ1v) is 16.1. The van der Waals surface area contributed by atoms with E-state index in [1.807, 2.05) is 0 Å². The molecule has 2 aromatic carbocycles. The number of carbonyl (C=O) groups is 3. The standard InChI is InChI=1S/C26H20N4O15S3.3K/c1-13-7-9-15(47(38,39)40)12-18(13)29-23(31)16(21(27-29)25(33)34)5-3-2-4-6-17-22(26(35)36)28-30(24(17)32)19-11-14(46-45-44-37)8-10-20(19)48(41,42)43;;;/h2-12,31,37H,1H3,(H,33,34)(H,35,36)(H,38,39,40)(H,41,42,43);;;/q;3*+1/p-3. The molecule has 0 aliphatic carbocycles. The van der Waals surface area contributed by atoms with Gasteiger partial charge < -0.3 is 29.7 Å². The Morgan fingerprint density at radius 1 is 0.922 bits per heavy atom. The number of rotatable bonds is 12. The van der Waals surface area contributed by atoms with Crippen LogP contribution in [-0.4, -0.2) is 74.6 Å². The van der Waals surface area contributed by atoms with E-state index in [1.54, 1.807) is 0 Å². The summed E-state index contributed by atoms with van der Waals surface area (Å²) in [5.74, 6) is -5.24. The van der Waals surface area contributed by atoms with Gasteiger partial charge in [-0.15, -0.1) is 0 Å². The van der Waals surface area contributed by atoms with Crippen LogP contribution in [0.4, 0.5) is 5.69 Å². The normalized spacial score (nSPS) is 14.0. The van der Waals surface area contributed by atoms with Gasteiger partial charge in [0.15, 0.2) is 11.4 Å². The maximum Gasteiger partial charge on any atom is 1.00 e. The maximum absolute atomic E-state index is 13.2. The zero-order valence-corrected chi connectivity index (χ0v) is 38.4. The number of hydrazone groups is 1. The third-order valence-electron chi connectivity index (χ3n) is 6.21. The second-order valence-electron chi connectivity index (χ2n) is 9.20. The quantitative estimate of drug-likeness (QED) is 0.0290. The van der Waals surface area contributed by atoms with Crippen molar-refractivity contribution in [1.82, 2.24) is 9.78 Å². The van der Waals surface area contributed by atoms with Gasteiger partial charge in [-0.05, 0) is 55.0 Å². The number of aromatic carboxylic acids is 1. The van der Waals surface area contributed by atoms with Gasteiger partial charge >= 0.3 is 166 Å². The molecule has 0 saturated carbocycles. The molecule has 0 unspecified atom stereocenters. The van der Waals surface area contributed by atoms with E-state index in [9.17, 15) is 60.9 Å². The number of carboxylic acids is 2. The predicted molar refractivity (Wildman–Crippen MR) is 156 cm³/mol. The van der Waals surface area contributed by atoms with Crippen molar-refractivity contribution in [3.8, 4) is 11.6 Å². The summed E-state index contributed by atoms with van der Waals surface area (Å²) in [5.41, 5.74) is -2.93. The smallest absolute Gasteiger partial charge is 0.744 e. The maximum atomic E-state index is 13.2. The molecule has 0 atom stereocenters. The van der Waals surface area contributed by atoms with E-state index >= 15 is 0 Å². The number of allylic oxidation sites excluding steroid dienone is 4. The van der Waals surface area contributed by atoms with E-state index < -0.39 is 76.4 Å². The number of hydrogen-bond acceptors (Lipinski definition) is 16. The number of carbonyl (C=O) groups excluding carboxylic acids is 1. The molecule has 0 radical (unpaired) electrons. The molecule has 0 bridgehead atoms. The minimum Gasteiger partial charge on any atom is -0.744 e. The third-order valence-corrected chi connectivity index (χ3v) is 8.50. The number of aliphatic carboxylic acids is 1. The molecule has 3 N–H and O–H groups in total. The fourth-order valence-corrected chi connectivity index (χ4v) is 5.62. The molecule has 1 aromatic heterocycles. The van der Waals surface area contributed by atoms with E-state index in [0.717, 1.165) is 54.6 Å². The zero-order valence-electron chi connectivity index (χ0n) is 26.6. The molecule has 2 heterocycles. The molecule has 3 aromatic rings. The first-order chi connectivity index (χ1) is 22.4. The number of amides is 1. The summed E-state index contributed by atoms with van der Waals surface area (Å²) >= 11 is 0.280. The molecule has 25 heteroatoms. The first kappa shape index (κ1) is 48.7. The zero-order chi connectivity index (χ0) is 35.6. The molecule has 252 valence electrons. The molecule has 1 aliphatic heterocycles. The summed E-state index contributed by atoms with van der Waals surface area (Å²) in [7, 11) is -10.1. The fraction of sp³-hybridized carbons (Fsp3) is 0.0385. The minimum atomic E-state index is -5.23. The van der Waals surface area contributed by atoms with Crippen LogP contribution >= 0.6 is 12.0 Å². The SMILES string of the molecule is Cc1ccc(S(=O)(=O)[O-])cc1-n1nc(C(=O)O)c(C=CC=CC=C2C(=O)N(c3cc(SOO[O-])ccc3S(=O)(=O)[O-])N=C2C(=O)O)c1O.[K+].[K+].[K+]. The average molecular weight is 839 g/mol. The van der Waals surface area contributed by atoms with Gasteiger partial charge in [0.25, 0.3) is 5.91 Å². The minimum absolute atomic E-state index is 0. The van der Waals surface area contributed by atoms with Crippen LogP contribution in [0.2, 0.25) is 0 Å². The second-order valence-corrected chi connectivity index (χ2v) is 12.7. The Morgan fingerprint density at radius 3 is 2.16 bits per heavy atom. The number of aromatic nitrogens is 2. The van der Waals surface area contributed by atoms with Gasteiger partial charge in [0.05, 0.1) is 44.3 Å². The van der Waals surface area contributed by atoms with Crippen LogP contribution < -0.4 is 164 Å². The van der Waals surface area contributed by atoms with E-state index in [2.05, 4.69) is 19.6 Å². The van der Waals surface area contributed by atoms with Crippen LogP contribution in [0, 0.1) is 6.92 Å². The van der Waals surface area contributed by atoms with Crippen molar-refractivity contribution in [2.45, 2.75) is 21.6 Å². The molecule has 0 spiro atoms. The first-order valence-electron chi connectivity index (χ1n) is 12.5. The molecule has 0 saturated heterocycles. The monoisotopic (exact) mass is 838 g/mol. The van der Waals surface area contributed by atoms with Crippen LogP contribution in [0.25, 0.3) is 11.8 Å². The summed E-state index contributed by atoms with van der Waals surface area (Å²) in [4.78, 5) is 35.2. The van der Waals surface area contributed by atoms with E-state index in [1.165, 1.54) is 19.1 Å². The molecule has 51 heavy (non-hydrogen) atoms. The molecular formula is C26H17K3N4O15S3. The summed E-state index contributed by atoms with van der Waals surface area (Å²) in [6.07, 6.45) is 5.46. The Morgan fingerprint density at radius 2 is 1.59 bits per heavy atom. The summed E-state index contributed by atoms with van der Waals surface area (Å²) in [6.45, 7) is 1.48. The van der Waals surface area contributed by atoms with E-state index in [-0.39, 0.29) is 182 Å². The summed E-state index contributed by atoms with van der Waals surface area (Å²) < 4.78 is 74.8. The number of carboxylic acid groups (broad SMARTS) is 2. The van der Waals surface area contributed by atoms with Crippen molar-refractivity contribution in [1.29, 1.82) is 0 Å². The van der Waals surface area contributed by atoms with Crippen LogP contribution in [0.5, 0.6) is 5.88 Å². The molecule has 0 fully saturated rings. The number of benzene rings is 2. The predicted octanol–water partition coefficient (Wildman–Crippen LogP) is -8.38. The van der Waals surface area contributed by atoms with Gasteiger partial charge in [0, 0.05) is 4.90 Å². The van der Waals surface area contributed by atoms with Crippen LogP contribution in [-0.2, 0) is 39.2 Å². The van der Waals surface area contributed by atoms with Crippen molar-refractivity contribution >= 4 is 67.6 Å². The number of anilines is 1. The van der Waals surface area contributed by atoms with Crippen LogP contribution in [0.3, 0.4) is 0 Å². The fourth-order valence-electron chi connectivity index (χ4n) is 4.11. The van der Waals surface area contributed by atoms with Gasteiger partial charge in [-0.25, -0.2) is 26.4 Å². The number of aryl methyl sites for hydroxylation is 1. The van der Waals surface area contributed by atoms with Crippen LogP contribution in [0.1, 0.15) is 21.6 Å². The Balaban J connectivity index is 0.00000433. The Kier molecular flexibility index (Phi) is 19.7. The second kappa shape index (κ2) is 20.6. The van der Waals surface area contributed by atoms with Gasteiger partial charge in [-0.3, -0.25) is 9.83 Å². The number of aromatic hydroxyl groups is 1. The topological polar surface area (TPSA) is 301 Å². The molecule has 19 nitrogen and oxygen atoms in total. The number of hydrogen-bond donors (Lipinski definition) is 3. The summed E-state index contributed by atoms with van der Waals surface area (Å²) in [5, 5.41) is 51.1. The van der Waals surface area contributed by atoms with E-state index in [4.69, 9.17) is 0 Å². The van der Waals surface area contributed by atoms with Crippen molar-refractivity contribution in [2.24, 2.45) is 5.10 Å². The number of nitrogens with zero attached hydrogens (tertiary/aromatic N) is 4. The van der Waals surface area contributed by atoms with Gasteiger partial charge in [0.2, 0.25) is 5.88 Å². The summed E-state index contributed by atoms with van der Waals surface area (Å²) in [6, 6.07) is 5.90. The molecule has 1 amide bonds. The Hall–Kier alpha value is -0.291. The van der Waals surface area contributed by atoms with Crippen molar-refractivity contribution < 1.29 is 224 Å². The molecule has 1 aliphatic rings. The van der Waals surface area contributed by atoms with Gasteiger partial charge in [-0.2, -0.15) is 24.2 Å². The van der Waals surface area contributed by atoms with Crippen molar-refractivity contribution in [3.05, 3.63) is 83.1 Å². The Bertz CT molecular complexity index is 2200. The Labute approximate surface area is 420 Å². The van der Waals surface area contributed by atoms with Crippen molar-refractivity contribution in [3.63, 3.8) is 0 Å². The third kappa shape index (κ3) is 11.9. The molecular weight excluding hydrogens is 822 g/mol. The van der Waals surface area contributed by atoms with Gasteiger partial charge in [-0.1, -0.05) is 24.3 Å². The van der Waals surface area contributed by atoms with Crippen LogP contribution in [0.15, 0.2) is 86.1 Å². The molecule has 4 rings (SSSR count). The van der Waals surface area contributed by atoms with Crippen molar-refractivity contribution in [2.75, 3.05) is 5.01 Å². The average Bonchev–Trinajstić information content (AvgIpc) is 3.51.